The number of piperazine rings is 1. The Labute approximate surface area is 168 Å². The lowest BCUT2D eigenvalue weighted by molar-refractivity contribution is -0.133. The Morgan fingerprint density at radius 3 is 2.71 bits per heavy atom. The van der Waals surface area contributed by atoms with Crippen LogP contribution in [0.2, 0.25) is 0 Å². The molecule has 3 fully saturated rings. The van der Waals surface area contributed by atoms with Crippen molar-refractivity contribution in [2.75, 3.05) is 56.0 Å². The molecule has 1 saturated carbocycles. The summed E-state index contributed by atoms with van der Waals surface area (Å²) in [6, 6.07) is 2.68. The van der Waals surface area contributed by atoms with Crippen LogP contribution < -0.4 is 10.2 Å². The highest BCUT2D eigenvalue weighted by atomic mass is 16.2. The minimum absolute atomic E-state index is 0.339. The highest BCUT2D eigenvalue weighted by Crippen LogP contribution is 2.28. The molecule has 1 atom stereocenters. The normalized spacial score (nSPS) is 23.7. The number of likely N-dealkylation sites (N-methyl/N-ethyl adjacent to an activating group) is 1. The number of aromatic nitrogens is 2. The van der Waals surface area contributed by atoms with Gasteiger partial charge in [-0.2, -0.15) is 0 Å². The quantitative estimate of drug-likeness (QED) is 0.775. The standard InChI is InChI=1S/C21H34N6O/c1-2-25-10-12-26(13-11-25)21(28)8-5-17-4-3-9-27(15-17)20-14-19(22-16-23-20)24-18-6-7-18/h14,16-18H,2-13,15H2,1H3,(H,22,23,24)/t17-/m1/s1. The zero-order valence-corrected chi connectivity index (χ0v) is 17.1. The van der Waals surface area contributed by atoms with Crippen LogP contribution in [-0.2, 0) is 4.79 Å². The third kappa shape index (κ3) is 5.13. The van der Waals surface area contributed by atoms with Gasteiger partial charge in [0, 0.05) is 57.8 Å². The van der Waals surface area contributed by atoms with Gasteiger partial charge in [0.25, 0.3) is 0 Å². The van der Waals surface area contributed by atoms with Crippen LogP contribution in [0.15, 0.2) is 12.4 Å². The van der Waals surface area contributed by atoms with Crippen LogP contribution in [0, 0.1) is 5.92 Å². The molecule has 0 spiro atoms. The maximum absolute atomic E-state index is 12.6. The summed E-state index contributed by atoms with van der Waals surface area (Å²) in [5.74, 6) is 2.87. The fraction of sp³-hybridized carbons (Fsp3) is 0.762. The number of piperidine rings is 1. The van der Waals surface area contributed by atoms with Crippen molar-refractivity contribution in [1.82, 2.24) is 19.8 Å². The Kier molecular flexibility index (Phi) is 6.29. The van der Waals surface area contributed by atoms with E-state index in [-0.39, 0.29) is 0 Å². The number of nitrogens with zero attached hydrogens (tertiary/aromatic N) is 5. The number of amides is 1. The lowest BCUT2D eigenvalue weighted by atomic mass is 9.93. The molecule has 3 heterocycles. The minimum Gasteiger partial charge on any atom is -0.367 e. The van der Waals surface area contributed by atoms with E-state index >= 15 is 0 Å². The topological polar surface area (TPSA) is 64.6 Å². The predicted molar refractivity (Wildman–Crippen MR) is 112 cm³/mol. The van der Waals surface area contributed by atoms with Crippen molar-refractivity contribution in [1.29, 1.82) is 0 Å². The molecular weight excluding hydrogens is 352 g/mol. The van der Waals surface area contributed by atoms with Crippen molar-refractivity contribution in [3.05, 3.63) is 12.4 Å². The molecule has 7 nitrogen and oxygen atoms in total. The van der Waals surface area contributed by atoms with Gasteiger partial charge in [0.2, 0.25) is 5.91 Å². The Bertz CT molecular complexity index is 656. The average molecular weight is 387 g/mol. The molecule has 7 heteroatoms. The van der Waals surface area contributed by atoms with Crippen LogP contribution in [-0.4, -0.2) is 77.5 Å². The zero-order chi connectivity index (χ0) is 19.3. The molecule has 4 rings (SSSR count). The van der Waals surface area contributed by atoms with Gasteiger partial charge in [-0.1, -0.05) is 6.92 Å². The second-order valence-corrected chi connectivity index (χ2v) is 8.49. The van der Waals surface area contributed by atoms with Gasteiger partial charge in [0.15, 0.2) is 0 Å². The highest BCUT2D eigenvalue weighted by Gasteiger charge is 2.25. The number of rotatable bonds is 7. The van der Waals surface area contributed by atoms with Crippen LogP contribution in [0.1, 0.15) is 45.4 Å². The van der Waals surface area contributed by atoms with Crippen molar-refractivity contribution < 1.29 is 4.79 Å². The fourth-order valence-corrected chi connectivity index (χ4v) is 4.34. The SMILES string of the molecule is CCN1CCN(C(=O)CC[C@H]2CCCN(c3cc(NC4CC4)ncn3)C2)CC1. The molecule has 0 unspecified atom stereocenters. The van der Waals surface area contributed by atoms with E-state index in [9.17, 15) is 4.79 Å². The molecule has 28 heavy (non-hydrogen) atoms. The number of hydrogen-bond acceptors (Lipinski definition) is 6. The number of nitrogens with one attached hydrogen (secondary N) is 1. The van der Waals surface area contributed by atoms with E-state index in [2.05, 4.69) is 43.0 Å². The van der Waals surface area contributed by atoms with Gasteiger partial charge >= 0.3 is 0 Å². The summed E-state index contributed by atoms with van der Waals surface area (Å²) in [4.78, 5) is 28.3. The van der Waals surface area contributed by atoms with E-state index in [1.165, 1.54) is 25.7 Å². The number of anilines is 2. The van der Waals surface area contributed by atoms with Crippen molar-refractivity contribution >= 4 is 17.5 Å². The first-order chi connectivity index (χ1) is 13.7. The molecule has 1 N–H and O–H groups in total. The average Bonchev–Trinajstić information content (AvgIpc) is 3.56. The van der Waals surface area contributed by atoms with Gasteiger partial charge < -0.3 is 20.0 Å². The molecule has 154 valence electrons. The van der Waals surface area contributed by atoms with Crippen LogP contribution in [0.3, 0.4) is 0 Å². The van der Waals surface area contributed by atoms with E-state index in [4.69, 9.17) is 0 Å². The molecule has 1 aromatic heterocycles. The lowest BCUT2D eigenvalue weighted by Gasteiger charge is -2.35. The molecule has 0 bridgehead atoms. The number of hydrogen-bond donors (Lipinski definition) is 1. The van der Waals surface area contributed by atoms with Crippen molar-refractivity contribution in [3.8, 4) is 0 Å². The highest BCUT2D eigenvalue weighted by molar-refractivity contribution is 5.76. The van der Waals surface area contributed by atoms with Gasteiger partial charge in [0.05, 0.1) is 0 Å². The Hall–Kier alpha value is -1.89. The predicted octanol–water partition coefficient (Wildman–Crippen LogP) is 2.21. The van der Waals surface area contributed by atoms with Crippen LogP contribution in [0.25, 0.3) is 0 Å². The number of carbonyl (C=O) groups is 1. The Morgan fingerprint density at radius 1 is 1.14 bits per heavy atom. The van der Waals surface area contributed by atoms with E-state index < -0.39 is 0 Å². The third-order valence-corrected chi connectivity index (χ3v) is 6.36. The molecule has 0 aromatic carbocycles. The summed E-state index contributed by atoms with van der Waals surface area (Å²) in [6.07, 6.45) is 8.21. The van der Waals surface area contributed by atoms with E-state index in [0.717, 1.165) is 63.9 Å². The molecule has 2 saturated heterocycles. The molecule has 1 aromatic rings. The third-order valence-electron chi connectivity index (χ3n) is 6.36. The molecular formula is C21H34N6O. The zero-order valence-electron chi connectivity index (χ0n) is 17.1. The van der Waals surface area contributed by atoms with Gasteiger partial charge in [-0.25, -0.2) is 9.97 Å². The maximum Gasteiger partial charge on any atom is 0.222 e. The van der Waals surface area contributed by atoms with Crippen LogP contribution in [0.4, 0.5) is 11.6 Å². The largest absolute Gasteiger partial charge is 0.367 e. The summed E-state index contributed by atoms with van der Waals surface area (Å²) >= 11 is 0. The number of carbonyl (C=O) groups excluding carboxylic acids is 1. The monoisotopic (exact) mass is 386 g/mol. The molecule has 0 radical (unpaired) electrons. The smallest absolute Gasteiger partial charge is 0.222 e. The van der Waals surface area contributed by atoms with Crippen molar-refractivity contribution in [3.63, 3.8) is 0 Å². The lowest BCUT2D eigenvalue weighted by Crippen LogP contribution is -2.48. The van der Waals surface area contributed by atoms with E-state index in [0.29, 0.717) is 24.3 Å². The van der Waals surface area contributed by atoms with Gasteiger partial charge in [-0.3, -0.25) is 4.79 Å². The fourth-order valence-electron chi connectivity index (χ4n) is 4.34. The first-order valence-corrected chi connectivity index (χ1v) is 11.0. The van der Waals surface area contributed by atoms with Crippen LogP contribution >= 0.6 is 0 Å². The van der Waals surface area contributed by atoms with Gasteiger partial charge in [-0.05, 0) is 44.6 Å². The minimum atomic E-state index is 0.339. The van der Waals surface area contributed by atoms with Gasteiger partial charge in [0.1, 0.15) is 18.0 Å². The summed E-state index contributed by atoms with van der Waals surface area (Å²) < 4.78 is 0. The van der Waals surface area contributed by atoms with E-state index in [1.807, 2.05) is 0 Å². The summed E-state index contributed by atoms with van der Waals surface area (Å²) in [6.45, 7) is 9.13. The van der Waals surface area contributed by atoms with Crippen molar-refractivity contribution in [2.45, 2.75) is 51.5 Å². The Balaban J connectivity index is 1.25. The molecule has 1 aliphatic carbocycles. The van der Waals surface area contributed by atoms with Gasteiger partial charge in [-0.15, -0.1) is 0 Å². The molecule has 2 aliphatic heterocycles. The first kappa shape index (κ1) is 19.4. The summed E-state index contributed by atoms with van der Waals surface area (Å²) in [5.41, 5.74) is 0. The summed E-state index contributed by atoms with van der Waals surface area (Å²) in [5, 5.41) is 3.46. The molecule has 3 aliphatic rings. The molecule has 1 amide bonds. The maximum atomic E-state index is 12.6. The second-order valence-electron chi connectivity index (χ2n) is 8.49. The second kappa shape index (κ2) is 9.07. The van der Waals surface area contributed by atoms with E-state index in [1.54, 1.807) is 6.33 Å². The van der Waals surface area contributed by atoms with Crippen LogP contribution in [0.5, 0.6) is 0 Å². The first-order valence-electron chi connectivity index (χ1n) is 11.0. The van der Waals surface area contributed by atoms with Crippen molar-refractivity contribution in [2.24, 2.45) is 5.92 Å². The summed E-state index contributed by atoms with van der Waals surface area (Å²) in [7, 11) is 0. The Morgan fingerprint density at radius 2 is 1.96 bits per heavy atom.